The number of nitrogens with zero attached hydrogens (tertiary/aromatic N) is 1. The van der Waals surface area contributed by atoms with E-state index in [0.29, 0.717) is 18.0 Å². The van der Waals surface area contributed by atoms with Crippen molar-refractivity contribution in [1.29, 1.82) is 0 Å². The molecule has 0 fully saturated rings. The predicted molar refractivity (Wildman–Crippen MR) is 61.7 cm³/mol. The molecule has 0 radical (unpaired) electrons. The van der Waals surface area contributed by atoms with Crippen molar-refractivity contribution in [3.63, 3.8) is 0 Å². The minimum Gasteiger partial charge on any atom is -0.396 e. The Morgan fingerprint density at radius 3 is 2.59 bits per heavy atom. The first kappa shape index (κ1) is 13.4. The van der Waals surface area contributed by atoms with Gasteiger partial charge < -0.3 is 10.8 Å². The number of amides is 1. The van der Waals surface area contributed by atoms with E-state index in [1.165, 1.54) is 0 Å². The fourth-order valence-corrected chi connectivity index (χ4v) is 1.64. The van der Waals surface area contributed by atoms with Crippen LogP contribution in [0.5, 0.6) is 0 Å². The van der Waals surface area contributed by atoms with Gasteiger partial charge in [-0.1, -0.05) is 13.8 Å². The first-order valence-corrected chi connectivity index (χ1v) is 5.48. The second-order valence-corrected chi connectivity index (χ2v) is 4.28. The highest BCUT2D eigenvalue weighted by atomic mass is 16.3. The third-order valence-electron chi connectivity index (χ3n) is 2.30. The van der Waals surface area contributed by atoms with Crippen LogP contribution in [0.1, 0.15) is 46.8 Å². The van der Waals surface area contributed by atoms with Crippen molar-refractivity contribution in [2.24, 2.45) is 11.7 Å². The maximum absolute atomic E-state index is 11.8. The molecule has 1 rings (SSSR count). The van der Waals surface area contributed by atoms with Crippen LogP contribution >= 0.6 is 0 Å². The smallest absolute Gasteiger partial charge is 0.269 e. The number of aliphatic hydroxyl groups excluding tert-OH is 1. The molecule has 0 aliphatic rings. The number of nitrogens with one attached hydrogen (secondary N) is 1. The minimum atomic E-state index is -0.738. The summed E-state index contributed by atoms with van der Waals surface area (Å²) in [4.78, 5) is 23.0. The third kappa shape index (κ3) is 3.13. The first-order valence-electron chi connectivity index (χ1n) is 5.48. The topological polar surface area (TPSA) is 109 Å². The lowest BCUT2D eigenvalue weighted by molar-refractivity contribution is 0.0936. The molecule has 1 amide bonds. The van der Waals surface area contributed by atoms with Crippen LogP contribution in [0.4, 0.5) is 0 Å². The van der Waals surface area contributed by atoms with Crippen molar-refractivity contribution in [3.05, 3.63) is 17.0 Å². The normalized spacial score (nSPS) is 10.8. The van der Waals surface area contributed by atoms with Crippen molar-refractivity contribution >= 4 is 11.7 Å². The number of Topliss-reactive ketones (excluding diaryl/α,β-unsaturated/α-hetero) is 1. The van der Waals surface area contributed by atoms with E-state index in [2.05, 4.69) is 10.2 Å². The molecule has 0 bridgehead atoms. The van der Waals surface area contributed by atoms with E-state index in [-0.39, 0.29) is 30.1 Å². The highest BCUT2D eigenvalue weighted by Gasteiger charge is 2.23. The summed E-state index contributed by atoms with van der Waals surface area (Å²) in [6.07, 6.45) is 0.567. The summed E-state index contributed by atoms with van der Waals surface area (Å²) in [5.74, 6) is -0.736. The summed E-state index contributed by atoms with van der Waals surface area (Å²) in [5.41, 5.74) is 5.94. The fraction of sp³-hybridized carbons (Fsp3) is 0.545. The fourth-order valence-electron chi connectivity index (χ4n) is 1.64. The van der Waals surface area contributed by atoms with E-state index < -0.39 is 5.91 Å². The second-order valence-electron chi connectivity index (χ2n) is 4.28. The van der Waals surface area contributed by atoms with E-state index in [1.54, 1.807) is 0 Å². The number of aliphatic hydroxyl groups is 1. The van der Waals surface area contributed by atoms with Gasteiger partial charge in [0.15, 0.2) is 11.5 Å². The number of aromatic nitrogens is 2. The van der Waals surface area contributed by atoms with Gasteiger partial charge in [-0.25, -0.2) is 0 Å². The van der Waals surface area contributed by atoms with Gasteiger partial charge in [-0.05, 0) is 12.3 Å². The van der Waals surface area contributed by atoms with Crippen LogP contribution in [-0.4, -0.2) is 33.6 Å². The van der Waals surface area contributed by atoms with Crippen LogP contribution in [0, 0.1) is 5.92 Å². The monoisotopic (exact) mass is 239 g/mol. The van der Waals surface area contributed by atoms with Crippen molar-refractivity contribution in [2.75, 3.05) is 6.61 Å². The number of carbonyl (C=O) groups is 2. The summed E-state index contributed by atoms with van der Waals surface area (Å²) < 4.78 is 0. The number of nitrogens with two attached hydrogens (primary N) is 1. The molecule has 4 N–H and O–H groups in total. The number of rotatable bonds is 6. The second kappa shape index (κ2) is 5.58. The molecular weight excluding hydrogens is 222 g/mol. The van der Waals surface area contributed by atoms with E-state index in [1.807, 2.05) is 13.8 Å². The van der Waals surface area contributed by atoms with Gasteiger partial charge in [-0.3, -0.25) is 14.7 Å². The highest BCUT2D eigenvalue weighted by Crippen LogP contribution is 2.17. The number of primary amides is 1. The lowest BCUT2D eigenvalue weighted by Crippen LogP contribution is -2.17. The largest absolute Gasteiger partial charge is 0.396 e. The zero-order valence-corrected chi connectivity index (χ0v) is 9.99. The third-order valence-corrected chi connectivity index (χ3v) is 2.30. The molecule has 1 aromatic heterocycles. The van der Waals surface area contributed by atoms with Gasteiger partial charge in [0.05, 0.1) is 12.2 Å². The first-order chi connectivity index (χ1) is 7.97. The van der Waals surface area contributed by atoms with Gasteiger partial charge in [0.1, 0.15) is 0 Å². The molecule has 0 aliphatic carbocycles. The zero-order chi connectivity index (χ0) is 13.0. The molecule has 6 heteroatoms. The van der Waals surface area contributed by atoms with E-state index in [4.69, 9.17) is 10.8 Å². The number of ketones is 1. The molecular formula is C11H17N3O3. The number of carbonyl (C=O) groups excluding carboxylic acids is 2. The Hall–Kier alpha value is -1.69. The molecule has 0 unspecified atom stereocenters. The van der Waals surface area contributed by atoms with Gasteiger partial charge in [-0.2, -0.15) is 5.10 Å². The Kier molecular flexibility index (Phi) is 4.39. The molecule has 17 heavy (non-hydrogen) atoms. The SMILES string of the molecule is CC(C)Cc1[nH]nc(C(N)=O)c1C(=O)CCO. The molecule has 0 saturated heterocycles. The Bertz CT molecular complexity index is 424. The summed E-state index contributed by atoms with van der Waals surface area (Å²) in [5, 5.41) is 15.2. The average molecular weight is 239 g/mol. The summed E-state index contributed by atoms with van der Waals surface area (Å²) in [7, 11) is 0. The molecule has 1 aromatic rings. The Balaban J connectivity index is 3.14. The maximum Gasteiger partial charge on any atom is 0.269 e. The molecule has 1 heterocycles. The van der Waals surface area contributed by atoms with E-state index in [0.717, 1.165) is 0 Å². The van der Waals surface area contributed by atoms with Gasteiger partial charge in [0.25, 0.3) is 5.91 Å². The quantitative estimate of drug-likeness (QED) is 0.619. The lowest BCUT2D eigenvalue weighted by Gasteiger charge is -2.05. The Morgan fingerprint density at radius 1 is 1.47 bits per heavy atom. The number of H-pyrrole nitrogens is 1. The van der Waals surface area contributed by atoms with Gasteiger partial charge in [-0.15, -0.1) is 0 Å². The maximum atomic E-state index is 11.8. The molecule has 0 spiro atoms. The lowest BCUT2D eigenvalue weighted by atomic mass is 9.99. The van der Waals surface area contributed by atoms with Crippen molar-refractivity contribution in [3.8, 4) is 0 Å². The molecule has 94 valence electrons. The van der Waals surface area contributed by atoms with E-state index in [9.17, 15) is 9.59 Å². The van der Waals surface area contributed by atoms with Crippen molar-refractivity contribution in [2.45, 2.75) is 26.7 Å². The number of aromatic amines is 1. The molecule has 0 saturated carbocycles. The Labute approximate surface area is 99.2 Å². The molecule has 0 aliphatic heterocycles. The highest BCUT2D eigenvalue weighted by molar-refractivity contribution is 6.07. The number of hydrogen-bond acceptors (Lipinski definition) is 4. The standard InChI is InChI=1S/C11H17N3O3/c1-6(2)5-7-9(8(16)3-4-15)10(11(12)17)14-13-7/h6,15H,3-5H2,1-2H3,(H2,12,17)(H,13,14). The van der Waals surface area contributed by atoms with E-state index >= 15 is 0 Å². The van der Waals surface area contributed by atoms with Gasteiger partial charge in [0.2, 0.25) is 0 Å². The van der Waals surface area contributed by atoms with Crippen LogP contribution in [-0.2, 0) is 6.42 Å². The summed E-state index contributed by atoms with van der Waals surface area (Å²) >= 11 is 0. The van der Waals surface area contributed by atoms with Gasteiger partial charge in [0, 0.05) is 12.1 Å². The van der Waals surface area contributed by atoms with Crippen molar-refractivity contribution < 1.29 is 14.7 Å². The molecule has 6 nitrogen and oxygen atoms in total. The van der Waals surface area contributed by atoms with Crippen LogP contribution < -0.4 is 5.73 Å². The average Bonchev–Trinajstić information content (AvgIpc) is 2.60. The van der Waals surface area contributed by atoms with Crippen LogP contribution in [0.3, 0.4) is 0 Å². The van der Waals surface area contributed by atoms with Crippen LogP contribution in [0.25, 0.3) is 0 Å². The minimum absolute atomic E-state index is 0.0368. The molecule has 0 aromatic carbocycles. The summed E-state index contributed by atoms with van der Waals surface area (Å²) in [6, 6.07) is 0. The Morgan fingerprint density at radius 2 is 2.12 bits per heavy atom. The number of hydrogen-bond donors (Lipinski definition) is 3. The van der Waals surface area contributed by atoms with Crippen LogP contribution in [0.2, 0.25) is 0 Å². The predicted octanol–water partition coefficient (Wildman–Crippen LogP) is 0.272. The molecule has 0 atom stereocenters. The zero-order valence-electron chi connectivity index (χ0n) is 9.99. The summed E-state index contributed by atoms with van der Waals surface area (Å²) in [6.45, 7) is 3.72. The van der Waals surface area contributed by atoms with Crippen molar-refractivity contribution in [1.82, 2.24) is 10.2 Å². The van der Waals surface area contributed by atoms with Crippen LogP contribution in [0.15, 0.2) is 0 Å². The van der Waals surface area contributed by atoms with Gasteiger partial charge >= 0.3 is 0 Å².